The Morgan fingerprint density at radius 3 is 1.14 bits per heavy atom. The first-order valence-electron chi connectivity index (χ1n) is 21.3. The molecule has 8 aromatic rings. The van der Waals surface area contributed by atoms with Gasteiger partial charge >= 0.3 is 12.1 Å². The Morgan fingerprint density at radius 2 is 0.746 bits per heavy atom. The first-order valence-corrected chi connectivity index (χ1v) is 21.7. The lowest BCUT2D eigenvalue weighted by Crippen LogP contribution is -2.33. The summed E-state index contributed by atoms with van der Waals surface area (Å²) in [6.07, 6.45) is 0.127. The summed E-state index contributed by atoms with van der Waals surface area (Å²) in [6, 6.07) is 55.9. The Bertz CT molecular complexity index is 2950. The van der Waals surface area contributed by atoms with Gasteiger partial charge in [-0.25, -0.2) is 0 Å². The van der Waals surface area contributed by atoms with Crippen LogP contribution in [0.15, 0.2) is 214 Å². The van der Waals surface area contributed by atoms with Crippen molar-refractivity contribution in [2.75, 3.05) is 7.11 Å². The number of hydrogen-bond donors (Lipinski definition) is 4. The van der Waals surface area contributed by atoms with Crippen molar-refractivity contribution in [3.63, 3.8) is 0 Å². The van der Waals surface area contributed by atoms with Crippen LogP contribution in [0.5, 0.6) is 28.7 Å². The maximum atomic E-state index is 13.3. The van der Waals surface area contributed by atoms with E-state index >= 15 is 0 Å². The number of phenols is 4. The van der Waals surface area contributed by atoms with Gasteiger partial charge in [0, 0.05) is 47.1 Å². The number of methoxy groups -OCH3 is 1. The highest BCUT2D eigenvalue weighted by molar-refractivity contribution is 6.32. The minimum atomic E-state index is -5.79. The molecular formula is C56H46ClF5N4O5. The first kappa shape index (κ1) is 53.3. The largest absolute Gasteiger partial charge is 0.507 e. The van der Waals surface area contributed by atoms with Crippen molar-refractivity contribution in [1.82, 2.24) is 0 Å². The maximum absolute atomic E-state index is 13.3. The van der Waals surface area contributed by atoms with Gasteiger partial charge in [0.1, 0.15) is 17.2 Å². The molecule has 71 heavy (non-hydrogen) atoms. The highest BCUT2D eigenvalue weighted by atomic mass is 35.5. The molecule has 0 fully saturated rings. The average molecular weight is 985 g/mol. The van der Waals surface area contributed by atoms with E-state index in [2.05, 4.69) is 20.0 Å². The molecule has 0 aliphatic heterocycles. The van der Waals surface area contributed by atoms with E-state index in [0.717, 1.165) is 40.5 Å². The lowest BCUT2D eigenvalue weighted by atomic mass is 10.0. The van der Waals surface area contributed by atoms with Gasteiger partial charge in [0.25, 0.3) is 0 Å². The Labute approximate surface area is 412 Å². The molecule has 0 saturated carbocycles. The Kier molecular flexibility index (Phi) is 19.7. The van der Waals surface area contributed by atoms with Gasteiger partial charge in [-0.1, -0.05) is 115 Å². The molecule has 4 N–H and O–H groups in total. The second kappa shape index (κ2) is 26.2. The summed E-state index contributed by atoms with van der Waals surface area (Å²) in [7, 11) is 1.52. The summed E-state index contributed by atoms with van der Waals surface area (Å²) in [5.41, 5.74) is 4.13. The molecule has 362 valence electrons. The zero-order valence-corrected chi connectivity index (χ0v) is 38.8. The van der Waals surface area contributed by atoms with Crippen LogP contribution in [0, 0.1) is 6.92 Å². The third-order valence-corrected chi connectivity index (χ3v) is 10.0. The maximum Gasteiger partial charge on any atom is 0.458 e. The quantitative estimate of drug-likeness (QED) is 0.0798. The van der Waals surface area contributed by atoms with Gasteiger partial charge in [0.05, 0.1) is 40.4 Å². The van der Waals surface area contributed by atoms with Crippen molar-refractivity contribution >= 4 is 59.2 Å². The van der Waals surface area contributed by atoms with Gasteiger partial charge in [-0.15, -0.1) is 0 Å². The molecule has 0 spiro atoms. The number of hydrogen-bond acceptors (Lipinski definition) is 9. The summed E-state index contributed by atoms with van der Waals surface area (Å²) < 4.78 is 68.9. The van der Waals surface area contributed by atoms with Gasteiger partial charge in [-0.2, -0.15) is 22.0 Å². The molecule has 0 atom stereocenters. The number of phenolic OH excluding ortho intramolecular Hbond substituents is 4. The van der Waals surface area contributed by atoms with Gasteiger partial charge in [-0.3, -0.25) is 20.0 Å². The molecule has 0 unspecified atom stereocenters. The van der Waals surface area contributed by atoms with Gasteiger partial charge in [0.15, 0.2) is 11.5 Å². The predicted octanol–water partition coefficient (Wildman–Crippen LogP) is 15.2. The van der Waals surface area contributed by atoms with E-state index in [0.29, 0.717) is 39.4 Å². The number of alkyl halides is 5. The lowest BCUT2D eigenvalue weighted by molar-refractivity contribution is -0.289. The molecule has 8 aromatic carbocycles. The summed E-state index contributed by atoms with van der Waals surface area (Å²) in [5.74, 6) is -5.39. The van der Waals surface area contributed by atoms with Crippen molar-refractivity contribution in [3.05, 3.63) is 233 Å². The summed E-state index contributed by atoms with van der Waals surface area (Å²) >= 11 is 5.78. The van der Waals surface area contributed by atoms with Crippen LogP contribution in [0.4, 0.5) is 44.7 Å². The second-order valence-corrected chi connectivity index (χ2v) is 15.2. The number of aliphatic imine (C=N–C) groups is 4. The SMILES string of the molecule is COc1cccc(C=Nc2ccccc2)c1O.Cc1cccc(C=Nc2ccccc2)c1O.Oc1c(C=Nc2ccccc2)cccc1C(F)(F)C(F)(F)F.Oc1c(Cl)cccc1C=Nc1ccccc1. The molecule has 0 bridgehead atoms. The fourth-order valence-corrected chi connectivity index (χ4v) is 6.12. The van der Waals surface area contributed by atoms with E-state index in [4.69, 9.17) is 16.3 Å². The number of aromatic hydroxyl groups is 4. The first-order chi connectivity index (χ1) is 34.1. The topological polar surface area (TPSA) is 140 Å². The predicted molar refractivity (Wildman–Crippen MR) is 273 cm³/mol. The van der Waals surface area contributed by atoms with Gasteiger partial charge in [-0.05, 0) is 103 Å². The van der Waals surface area contributed by atoms with Crippen LogP contribution >= 0.6 is 11.6 Å². The molecule has 0 saturated heterocycles. The van der Waals surface area contributed by atoms with Crippen LogP contribution in [0.3, 0.4) is 0 Å². The molecule has 15 heteroatoms. The number of halogens is 6. The zero-order chi connectivity index (χ0) is 51.2. The van der Waals surface area contributed by atoms with E-state index in [9.17, 15) is 42.4 Å². The Morgan fingerprint density at radius 1 is 0.408 bits per heavy atom. The number of ether oxygens (including phenoxy) is 1. The van der Waals surface area contributed by atoms with Crippen molar-refractivity contribution < 1.29 is 47.1 Å². The number of aryl methyl sites for hydroxylation is 1. The van der Waals surface area contributed by atoms with Crippen molar-refractivity contribution in [2.24, 2.45) is 20.0 Å². The minimum Gasteiger partial charge on any atom is -0.507 e. The van der Waals surface area contributed by atoms with E-state index in [1.54, 1.807) is 79.3 Å². The van der Waals surface area contributed by atoms with Crippen molar-refractivity contribution in [3.8, 4) is 28.7 Å². The molecule has 0 aromatic heterocycles. The smallest absolute Gasteiger partial charge is 0.458 e. The monoisotopic (exact) mass is 984 g/mol. The molecule has 0 aliphatic carbocycles. The third kappa shape index (κ3) is 16.0. The van der Waals surface area contributed by atoms with E-state index in [-0.39, 0.29) is 17.1 Å². The molecule has 0 aliphatic rings. The zero-order valence-electron chi connectivity index (χ0n) is 38.0. The van der Waals surface area contributed by atoms with Crippen LogP contribution in [0.1, 0.15) is 33.4 Å². The minimum absolute atomic E-state index is 0.0591. The van der Waals surface area contributed by atoms with Gasteiger partial charge < -0.3 is 25.2 Å². The molecular weight excluding hydrogens is 939 g/mol. The van der Waals surface area contributed by atoms with Crippen LogP contribution in [-0.2, 0) is 5.92 Å². The normalized spacial score (nSPS) is 11.4. The highest BCUT2D eigenvalue weighted by Crippen LogP contribution is 2.47. The number of para-hydroxylation sites is 8. The Hall–Kier alpha value is -8.62. The van der Waals surface area contributed by atoms with Gasteiger partial charge in [0.2, 0.25) is 0 Å². The highest BCUT2D eigenvalue weighted by Gasteiger charge is 2.60. The number of benzene rings is 8. The fraction of sp³-hybridized carbons (Fsp3) is 0.0714. The third-order valence-electron chi connectivity index (χ3n) is 9.73. The average Bonchev–Trinajstić information content (AvgIpc) is 3.38. The van der Waals surface area contributed by atoms with E-state index < -0.39 is 23.4 Å². The van der Waals surface area contributed by atoms with Crippen molar-refractivity contribution in [2.45, 2.75) is 19.0 Å². The summed E-state index contributed by atoms with van der Waals surface area (Å²) in [6.45, 7) is 1.87. The van der Waals surface area contributed by atoms with Crippen LogP contribution in [0.25, 0.3) is 0 Å². The van der Waals surface area contributed by atoms with E-state index in [1.165, 1.54) is 13.2 Å². The molecule has 8 rings (SSSR count). The molecule has 0 amide bonds. The lowest BCUT2D eigenvalue weighted by Gasteiger charge is -2.21. The number of nitrogens with zero attached hydrogens (tertiary/aromatic N) is 4. The molecule has 0 heterocycles. The van der Waals surface area contributed by atoms with Crippen LogP contribution in [-0.4, -0.2) is 58.6 Å². The standard InChI is InChI=1S/C15H10F5NO.C14H13NO2.C14H13NO.C13H10ClNO/c16-14(17,15(18,19)20)12-8-4-5-10(13(12)22)9-21-11-6-2-1-3-7-11;1-17-13-9-5-6-11(14(13)16)10-15-12-7-3-2-4-8-12;1-11-6-5-7-12(14(11)16)10-15-13-8-3-2-4-9-13;14-12-8-4-5-10(13(12)16)9-15-11-6-2-1-3-7-11/h1-9,22H;2-10,16H,1H3;2-10,16H,1H3;1-9,16H. The van der Waals surface area contributed by atoms with Crippen LogP contribution in [0.2, 0.25) is 5.02 Å². The summed E-state index contributed by atoms with van der Waals surface area (Å²) in [4.78, 5) is 16.7. The molecule has 9 nitrogen and oxygen atoms in total. The van der Waals surface area contributed by atoms with Crippen molar-refractivity contribution in [1.29, 1.82) is 0 Å². The summed E-state index contributed by atoms with van der Waals surface area (Å²) in [5, 5.41) is 39.3. The van der Waals surface area contributed by atoms with Crippen LogP contribution < -0.4 is 4.74 Å². The van der Waals surface area contributed by atoms with E-state index in [1.807, 2.05) is 122 Å². The Balaban J connectivity index is 0.000000178. The fourth-order valence-electron chi connectivity index (χ4n) is 5.93. The molecule has 0 radical (unpaired) electrons. The second-order valence-electron chi connectivity index (χ2n) is 14.8. The number of rotatable bonds is 10.